The number of nitrogens with two attached hydrogens (primary N) is 1. The van der Waals surface area contributed by atoms with E-state index in [1.807, 2.05) is 12.1 Å². The molecule has 1 aliphatic heterocycles. The second kappa shape index (κ2) is 8.70. The van der Waals surface area contributed by atoms with Crippen LogP contribution in [0, 0.1) is 0 Å². The molecule has 3 heterocycles. The molecule has 0 saturated carbocycles. The summed E-state index contributed by atoms with van der Waals surface area (Å²) in [5.41, 5.74) is 6.48. The van der Waals surface area contributed by atoms with Crippen molar-refractivity contribution in [3.63, 3.8) is 0 Å². The largest absolute Gasteiger partial charge is 0.465 e. The fraction of sp³-hybridized carbons (Fsp3) is 0.333. The van der Waals surface area contributed by atoms with Crippen molar-refractivity contribution in [2.45, 2.75) is 25.3 Å². The monoisotopic (exact) mass is 403 g/mol. The minimum absolute atomic E-state index is 0.264. The number of likely N-dealkylation sites (tertiary alicyclic amines) is 1. The van der Waals surface area contributed by atoms with Crippen LogP contribution in [0.2, 0.25) is 0 Å². The average Bonchev–Trinajstić information content (AvgIpc) is 2.92. The van der Waals surface area contributed by atoms with E-state index in [0.717, 1.165) is 23.3 Å². The van der Waals surface area contributed by atoms with Gasteiger partial charge in [0.05, 0.1) is 5.56 Å². The van der Waals surface area contributed by atoms with Crippen molar-refractivity contribution in [2.75, 3.05) is 18.4 Å². The van der Waals surface area contributed by atoms with Crippen LogP contribution in [-0.2, 0) is 0 Å². The molecule has 1 atom stereocenters. The Labute approximate surface area is 165 Å². The number of carbonyl (C=O) groups is 3. The van der Waals surface area contributed by atoms with Crippen LogP contribution in [0.5, 0.6) is 0 Å². The number of nitrogens with one attached hydrogen (secondary N) is 2. The van der Waals surface area contributed by atoms with Crippen LogP contribution in [0.3, 0.4) is 0 Å². The summed E-state index contributed by atoms with van der Waals surface area (Å²) in [6.45, 7) is 0.800. The van der Waals surface area contributed by atoms with Crippen LogP contribution in [0.4, 0.5) is 14.6 Å². The van der Waals surface area contributed by atoms with Crippen LogP contribution >= 0.6 is 11.3 Å². The highest BCUT2D eigenvalue weighted by Crippen LogP contribution is 2.36. The second-order valence-corrected chi connectivity index (χ2v) is 7.52. The first-order chi connectivity index (χ1) is 13.4. The van der Waals surface area contributed by atoms with Gasteiger partial charge in [-0.05, 0) is 43.0 Å². The zero-order chi connectivity index (χ0) is 20.1. The number of carboxylic acid groups (broad SMARTS) is 1. The van der Waals surface area contributed by atoms with E-state index >= 15 is 0 Å². The van der Waals surface area contributed by atoms with E-state index in [2.05, 4.69) is 15.6 Å². The minimum atomic E-state index is -1.11. The van der Waals surface area contributed by atoms with Gasteiger partial charge in [0.1, 0.15) is 5.00 Å². The number of rotatable bonds is 4. The molecule has 0 radical (unpaired) electrons. The maximum Gasteiger partial charge on any atom is 0.404 e. The van der Waals surface area contributed by atoms with E-state index in [1.54, 1.807) is 23.4 Å². The Bertz CT molecular complexity index is 870. The Morgan fingerprint density at radius 1 is 1.25 bits per heavy atom. The molecule has 3 rings (SSSR count). The van der Waals surface area contributed by atoms with Crippen molar-refractivity contribution in [1.82, 2.24) is 15.2 Å². The lowest BCUT2D eigenvalue weighted by Crippen LogP contribution is -2.44. The lowest BCUT2D eigenvalue weighted by atomic mass is 10.1. The van der Waals surface area contributed by atoms with Crippen LogP contribution in [0.15, 0.2) is 30.6 Å². The molecule has 2 aromatic rings. The van der Waals surface area contributed by atoms with E-state index in [-0.39, 0.29) is 18.5 Å². The molecule has 1 saturated heterocycles. The summed E-state index contributed by atoms with van der Waals surface area (Å²) in [6, 6.07) is 4.27. The number of nitrogens with zero attached hydrogens (tertiary/aromatic N) is 2. The van der Waals surface area contributed by atoms with E-state index in [4.69, 9.17) is 10.8 Å². The lowest BCUT2D eigenvalue weighted by molar-refractivity contribution is 0.0749. The molecule has 0 bridgehead atoms. The third-order valence-electron chi connectivity index (χ3n) is 4.45. The SMILES string of the molecule is NC(=O)Nc1sc(-c2ccncc2)cc1C(=O)N1CCCCC(NC(=O)O)C1. The zero-order valence-electron chi connectivity index (χ0n) is 15.1. The van der Waals surface area contributed by atoms with Gasteiger partial charge in [0.15, 0.2) is 0 Å². The standard InChI is InChI=1S/C18H21N5O4S/c19-17(25)22-15-13(9-14(28-15)11-4-6-20-7-5-11)16(24)23-8-2-1-3-12(10-23)21-18(26)27/h4-7,9,12,21H,1-3,8,10H2,(H,26,27)(H3,19,22,25). The molecule has 148 valence electrons. The molecule has 9 nitrogen and oxygen atoms in total. The number of urea groups is 1. The Hall–Kier alpha value is -3.14. The van der Waals surface area contributed by atoms with Gasteiger partial charge in [0, 0.05) is 36.4 Å². The molecular weight excluding hydrogens is 382 g/mol. The Morgan fingerprint density at radius 3 is 2.68 bits per heavy atom. The molecular formula is C18H21N5O4S. The molecule has 1 aliphatic rings. The summed E-state index contributed by atoms with van der Waals surface area (Å²) in [5, 5.41) is 14.4. The molecule has 1 unspecified atom stereocenters. The van der Waals surface area contributed by atoms with Crippen molar-refractivity contribution >= 4 is 34.4 Å². The highest BCUT2D eigenvalue weighted by Gasteiger charge is 2.27. The van der Waals surface area contributed by atoms with Crippen molar-refractivity contribution in [3.05, 3.63) is 36.2 Å². The van der Waals surface area contributed by atoms with Crippen LogP contribution < -0.4 is 16.4 Å². The molecule has 0 aliphatic carbocycles. The van der Waals surface area contributed by atoms with Gasteiger partial charge in [-0.1, -0.05) is 0 Å². The Balaban J connectivity index is 1.89. The minimum Gasteiger partial charge on any atom is -0.465 e. The number of pyridine rings is 1. The van der Waals surface area contributed by atoms with E-state index in [1.165, 1.54) is 11.3 Å². The van der Waals surface area contributed by atoms with E-state index in [9.17, 15) is 14.4 Å². The van der Waals surface area contributed by atoms with E-state index < -0.39 is 12.1 Å². The molecule has 0 spiro atoms. The van der Waals surface area contributed by atoms with Crippen molar-refractivity contribution in [3.8, 4) is 10.4 Å². The quantitative estimate of drug-likeness (QED) is 0.622. The zero-order valence-corrected chi connectivity index (χ0v) is 15.9. The number of aromatic nitrogens is 1. The maximum atomic E-state index is 13.2. The van der Waals surface area contributed by atoms with Gasteiger partial charge in [-0.2, -0.15) is 0 Å². The lowest BCUT2D eigenvalue weighted by Gasteiger charge is -2.24. The molecule has 4 amide bonds. The number of hydrogen-bond acceptors (Lipinski definition) is 5. The van der Waals surface area contributed by atoms with Gasteiger partial charge in [-0.15, -0.1) is 11.3 Å². The second-order valence-electron chi connectivity index (χ2n) is 6.47. The normalized spacial score (nSPS) is 16.9. The van der Waals surface area contributed by atoms with Crippen molar-refractivity contribution < 1.29 is 19.5 Å². The molecule has 10 heteroatoms. The van der Waals surface area contributed by atoms with E-state index in [0.29, 0.717) is 23.5 Å². The fourth-order valence-corrected chi connectivity index (χ4v) is 4.26. The third kappa shape index (κ3) is 4.77. The first kappa shape index (κ1) is 19.6. The molecule has 5 N–H and O–H groups in total. The summed E-state index contributed by atoms with van der Waals surface area (Å²) in [7, 11) is 0. The molecule has 1 fully saturated rings. The number of amides is 4. The van der Waals surface area contributed by atoms with Crippen molar-refractivity contribution in [2.24, 2.45) is 5.73 Å². The van der Waals surface area contributed by atoms with Crippen molar-refractivity contribution in [1.29, 1.82) is 0 Å². The highest BCUT2D eigenvalue weighted by atomic mass is 32.1. The third-order valence-corrected chi connectivity index (χ3v) is 5.55. The molecule has 0 aromatic carbocycles. The molecule has 28 heavy (non-hydrogen) atoms. The van der Waals surface area contributed by atoms with Gasteiger partial charge >= 0.3 is 12.1 Å². The van der Waals surface area contributed by atoms with Gasteiger partial charge < -0.3 is 21.1 Å². The number of primary amides is 1. The first-order valence-electron chi connectivity index (χ1n) is 8.83. The number of thiophene rings is 1. The summed E-state index contributed by atoms with van der Waals surface area (Å²) < 4.78 is 0. The summed E-state index contributed by atoms with van der Waals surface area (Å²) in [5.74, 6) is -0.264. The Kier molecular flexibility index (Phi) is 6.09. The summed E-state index contributed by atoms with van der Waals surface area (Å²) >= 11 is 1.25. The summed E-state index contributed by atoms with van der Waals surface area (Å²) in [4.78, 5) is 42.0. The van der Waals surface area contributed by atoms with Gasteiger partial charge in [0.25, 0.3) is 5.91 Å². The predicted octanol–water partition coefficient (Wildman–Crippen LogP) is 2.56. The van der Waals surface area contributed by atoms with Crippen LogP contribution in [-0.4, -0.2) is 52.2 Å². The fourth-order valence-electron chi connectivity index (χ4n) is 3.20. The maximum absolute atomic E-state index is 13.2. The van der Waals surface area contributed by atoms with Crippen LogP contribution in [0.1, 0.15) is 29.6 Å². The summed E-state index contributed by atoms with van der Waals surface area (Å²) in [6.07, 6.45) is 4.47. The van der Waals surface area contributed by atoms with Crippen LogP contribution in [0.25, 0.3) is 10.4 Å². The first-order valence-corrected chi connectivity index (χ1v) is 9.65. The average molecular weight is 403 g/mol. The predicted molar refractivity (Wildman–Crippen MR) is 105 cm³/mol. The van der Waals surface area contributed by atoms with Gasteiger partial charge in [0.2, 0.25) is 0 Å². The van der Waals surface area contributed by atoms with Gasteiger partial charge in [-0.25, -0.2) is 9.59 Å². The number of hydrogen-bond donors (Lipinski definition) is 4. The number of anilines is 1. The molecule has 2 aromatic heterocycles. The van der Waals surface area contributed by atoms with Gasteiger partial charge in [-0.3, -0.25) is 15.1 Å². The topological polar surface area (TPSA) is 138 Å². The smallest absolute Gasteiger partial charge is 0.404 e. The Morgan fingerprint density at radius 2 is 2.00 bits per heavy atom. The number of carbonyl (C=O) groups excluding carboxylic acids is 2. The highest BCUT2D eigenvalue weighted by molar-refractivity contribution is 7.20.